The highest BCUT2D eigenvalue weighted by Crippen LogP contribution is 2.34. The predicted molar refractivity (Wildman–Crippen MR) is 133 cm³/mol. The van der Waals surface area contributed by atoms with Gasteiger partial charge >= 0.3 is 0 Å². The zero-order chi connectivity index (χ0) is 25.2. The average Bonchev–Trinajstić information content (AvgIpc) is 3.65. The van der Waals surface area contributed by atoms with E-state index in [9.17, 15) is 17.9 Å². The van der Waals surface area contributed by atoms with Crippen molar-refractivity contribution in [3.8, 4) is 17.6 Å². The molecule has 6 nitrogen and oxygen atoms in total. The molecule has 1 heterocycles. The van der Waals surface area contributed by atoms with Crippen LogP contribution >= 0.6 is 0 Å². The van der Waals surface area contributed by atoms with Gasteiger partial charge in [0.2, 0.25) is 10.0 Å². The molecule has 2 aromatic carbocycles. The minimum Gasteiger partial charge on any atom is -0.487 e. The Morgan fingerprint density at radius 2 is 2.00 bits per heavy atom. The van der Waals surface area contributed by atoms with Crippen LogP contribution in [-0.4, -0.2) is 61.6 Å². The largest absolute Gasteiger partial charge is 0.487 e. The molecule has 2 aromatic rings. The third-order valence-corrected chi connectivity index (χ3v) is 8.57. The summed E-state index contributed by atoms with van der Waals surface area (Å²) >= 11 is 0. The number of benzene rings is 2. The molecule has 0 radical (unpaired) electrons. The number of ether oxygens (including phenoxy) is 1. The minimum absolute atomic E-state index is 0.0726. The van der Waals surface area contributed by atoms with E-state index in [2.05, 4.69) is 11.8 Å². The van der Waals surface area contributed by atoms with E-state index < -0.39 is 16.1 Å². The second kappa shape index (κ2) is 10.7. The van der Waals surface area contributed by atoms with E-state index in [1.54, 1.807) is 43.3 Å². The summed E-state index contributed by atoms with van der Waals surface area (Å²) < 4.78 is 49.1. The Hall–Kier alpha value is -2.44. The first-order valence-corrected chi connectivity index (χ1v) is 13.5. The molecule has 1 aliphatic heterocycles. The van der Waals surface area contributed by atoms with E-state index in [1.165, 1.54) is 10.4 Å². The number of hydrogen-bond donors (Lipinski definition) is 1. The van der Waals surface area contributed by atoms with Crippen LogP contribution < -0.4 is 4.74 Å². The Morgan fingerprint density at radius 3 is 2.69 bits per heavy atom. The predicted octanol–water partition coefficient (Wildman–Crippen LogP) is 3.49. The summed E-state index contributed by atoms with van der Waals surface area (Å²) in [5, 5.41) is 9.79. The van der Waals surface area contributed by atoms with Gasteiger partial charge < -0.3 is 9.84 Å². The quantitative estimate of drug-likeness (QED) is 0.615. The molecule has 35 heavy (non-hydrogen) atoms. The minimum atomic E-state index is -3.89. The molecule has 1 fully saturated rings. The zero-order valence-electron chi connectivity index (χ0n) is 20.4. The molecule has 0 amide bonds. The highest BCUT2D eigenvalue weighted by atomic mass is 32.2. The normalized spacial score (nSPS) is 22.8. The van der Waals surface area contributed by atoms with Gasteiger partial charge in [0.1, 0.15) is 22.6 Å². The van der Waals surface area contributed by atoms with E-state index in [0.717, 1.165) is 12.8 Å². The number of likely N-dealkylation sites (N-methyl/N-ethyl adjacent to an activating group) is 1. The number of aliphatic hydroxyl groups excluding tert-OH is 1. The Morgan fingerprint density at radius 1 is 1.26 bits per heavy atom. The smallest absolute Gasteiger partial charge is 0.247 e. The van der Waals surface area contributed by atoms with E-state index in [4.69, 9.17) is 4.74 Å². The van der Waals surface area contributed by atoms with Gasteiger partial charge in [0.25, 0.3) is 0 Å². The maximum Gasteiger partial charge on any atom is 0.247 e. The molecular weight excluding hydrogens is 467 g/mol. The zero-order valence-corrected chi connectivity index (χ0v) is 21.3. The molecule has 1 N–H and O–H groups in total. The van der Waals surface area contributed by atoms with Gasteiger partial charge in [-0.25, -0.2) is 12.8 Å². The summed E-state index contributed by atoms with van der Waals surface area (Å²) in [6.07, 6.45) is 1.84. The topological polar surface area (TPSA) is 70.1 Å². The standard InChI is InChI=1S/C27H33FN2O4S/c1-19-15-30(20(2)18-31)35(32,33)27-13-12-22(11-10-21-8-9-21)14-25(27)34-26(19)17-29(3)16-23-6-4-5-7-24(23)28/h4-7,12-14,19-21,26,31H,8-9,15-18H2,1-3H3/t19-,20-,26+/m0/s1. The van der Waals surface area contributed by atoms with Gasteiger partial charge in [-0.3, -0.25) is 4.90 Å². The lowest BCUT2D eigenvalue weighted by Gasteiger charge is -2.37. The van der Waals surface area contributed by atoms with Crippen LogP contribution in [0.15, 0.2) is 47.4 Å². The van der Waals surface area contributed by atoms with E-state index in [1.807, 2.05) is 18.9 Å². The maximum atomic E-state index is 14.2. The van der Waals surface area contributed by atoms with Gasteiger partial charge in [0.15, 0.2) is 0 Å². The third-order valence-electron chi connectivity index (χ3n) is 6.55. The van der Waals surface area contributed by atoms with E-state index in [-0.39, 0.29) is 41.6 Å². The SMILES string of the molecule is C[C@H]1CN([C@@H](C)CO)S(=O)(=O)c2ccc(C#CC3CC3)cc2O[C@@H]1CN(C)Cc1ccccc1F. The van der Waals surface area contributed by atoms with Gasteiger partial charge in [-0.05, 0) is 51.1 Å². The molecule has 2 aliphatic rings. The summed E-state index contributed by atoms with van der Waals surface area (Å²) in [6.45, 7) is 4.41. The Labute approximate surface area is 207 Å². The molecule has 0 spiro atoms. The van der Waals surface area contributed by atoms with Gasteiger partial charge in [0.05, 0.1) is 6.61 Å². The van der Waals surface area contributed by atoms with Crippen molar-refractivity contribution in [2.75, 3.05) is 26.7 Å². The second-order valence-electron chi connectivity index (χ2n) is 9.73. The third kappa shape index (κ3) is 6.04. The first kappa shape index (κ1) is 25.6. The van der Waals surface area contributed by atoms with Crippen molar-refractivity contribution in [1.82, 2.24) is 9.21 Å². The summed E-state index contributed by atoms with van der Waals surface area (Å²) in [5.74, 6) is 6.58. The second-order valence-corrected chi connectivity index (χ2v) is 11.6. The Kier molecular flexibility index (Phi) is 7.82. The fraction of sp³-hybridized carbons (Fsp3) is 0.481. The average molecular weight is 501 g/mol. The fourth-order valence-corrected chi connectivity index (χ4v) is 6.05. The van der Waals surface area contributed by atoms with Crippen molar-refractivity contribution in [3.63, 3.8) is 0 Å². The van der Waals surface area contributed by atoms with Gasteiger partial charge in [-0.2, -0.15) is 4.31 Å². The van der Waals surface area contributed by atoms with Crippen molar-refractivity contribution >= 4 is 10.0 Å². The number of rotatable bonds is 6. The summed E-state index contributed by atoms with van der Waals surface area (Å²) in [6, 6.07) is 11.0. The van der Waals surface area contributed by atoms with Crippen molar-refractivity contribution < 1.29 is 22.7 Å². The number of halogens is 1. The Bertz CT molecular complexity index is 1220. The molecule has 0 saturated heterocycles. The summed E-state index contributed by atoms with van der Waals surface area (Å²) in [4.78, 5) is 2.05. The number of aliphatic hydroxyl groups is 1. The van der Waals surface area contributed by atoms with E-state index in [0.29, 0.717) is 30.1 Å². The number of hydrogen-bond acceptors (Lipinski definition) is 5. The molecule has 0 unspecified atom stereocenters. The van der Waals surface area contributed by atoms with Crippen molar-refractivity contribution in [2.45, 2.75) is 50.3 Å². The lowest BCUT2D eigenvalue weighted by Crippen LogP contribution is -2.49. The molecule has 1 aliphatic carbocycles. The first-order chi connectivity index (χ1) is 16.7. The number of nitrogens with zero attached hydrogens (tertiary/aromatic N) is 2. The van der Waals surface area contributed by atoms with Crippen LogP contribution in [0.5, 0.6) is 5.75 Å². The van der Waals surface area contributed by atoms with Gasteiger partial charge in [-0.1, -0.05) is 37.0 Å². The number of sulfonamides is 1. The van der Waals surface area contributed by atoms with Crippen LogP contribution in [0.2, 0.25) is 0 Å². The van der Waals surface area contributed by atoms with Crippen LogP contribution in [0, 0.1) is 29.5 Å². The van der Waals surface area contributed by atoms with Gasteiger partial charge in [-0.15, -0.1) is 0 Å². The summed E-state index contributed by atoms with van der Waals surface area (Å²) in [7, 11) is -2.00. The molecule has 0 bridgehead atoms. The molecule has 1 saturated carbocycles. The Balaban J connectivity index is 1.67. The monoisotopic (exact) mass is 500 g/mol. The van der Waals surface area contributed by atoms with E-state index >= 15 is 0 Å². The van der Waals surface area contributed by atoms with Crippen LogP contribution in [0.1, 0.15) is 37.8 Å². The van der Waals surface area contributed by atoms with Crippen LogP contribution in [-0.2, 0) is 16.6 Å². The molecule has 3 atom stereocenters. The van der Waals surface area contributed by atoms with Crippen LogP contribution in [0.25, 0.3) is 0 Å². The highest BCUT2D eigenvalue weighted by Gasteiger charge is 2.38. The molecule has 4 rings (SSSR count). The maximum absolute atomic E-state index is 14.2. The molecular formula is C27H33FN2O4S. The van der Waals surface area contributed by atoms with Crippen molar-refractivity contribution in [1.29, 1.82) is 0 Å². The molecule has 0 aromatic heterocycles. The lowest BCUT2D eigenvalue weighted by atomic mass is 10.0. The summed E-state index contributed by atoms with van der Waals surface area (Å²) in [5.41, 5.74) is 1.30. The van der Waals surface area contributed by atoms with Crippen LogP contribution in [0.4, 0.5) is 4.39 Å². The fourth-order valence-electron chi connectivity index (χ4n) is 4.22. The highest BCUT2D eigenvalue weighted by molar-refractivity contribution is 7.89. The molecule has 8 heteroatoms. The number of fused-ring (bicyclic) bond motifs is 1. The first-order valence-electron chi connectivity index (χ1n) is 12.1. The molecule has 188 valence electrons. The van der Waals surface area contributed by atoms with Gasteiger partial charge in [0, 0.05) is 48.6 Å². The lowest BCUT2D eigenvalue weighted by molar-refractivity contribution is 0.0731. The van der Waals surface area contributed by atoms with Crippen LogP contribution in [0.3, 0.4) is 0 Å². The van der Waals surface area contributed by atoms with Crippen molar-refractivity contribution in [3.05, 3.63) is 59.4 Å². The van der Waals surface area contributed by atoms with Crippen molar-refractivity contribution in [2.24, 2.45) is 11.8 Å².